The van der Waals surface area contributed by atoms with Gasteiger partial charge in [0.15, 0.2) is 0 Å². The smallest absolute Gasteiger partial charge is 0.243 e. The van der Waals surface area contributed by atoms with Crippen molar-refractivity contribution in [2.24, 2.45) is 5.92 Å². The number of benzene rings is 3. The molecule has 0 spiro atoms. The summed E-state index contributed by atoms with van der Waals surface area (Å²) in [6.45, 7) is 6.92. The van der Waals surface area contributed by atoms with E-state index in [1.807, 2.05) is 75.4 Å². The van der Waals surface area contributed by atoms with Crippen molar-refractivity contribution in [3.05, 3.63) is 101 Å². The molecule has 3 rings (SSSR count). The number of carbonyl (C=O) groups excluding carboxylic acids is 2. The molecular formula is C32H40ClN3O4S. The number of carbonyl (C=O) groups is 2. The number of amides is 2. The van der Waals surface area contributed by atoms with Gasteiger partial charge in [-0.3, -0.25) is 13.9 Å². The number of hydrogen-bond donors (Lipinski definition) is 1. The van der Waals surface area contributed by atoms with Crippen LogP contribution in [0.3, 0.4) is 0 Å². The van der Waals surface area contributed by atoms with Gasteiger partial charge in [-0.25, -0.2) is 8.42 Å². The predicted octanol–water partition coefficient (Wildman–Crippen LogP) is 5.61. The Morgan fingerprint density at radius 1 is 0.927 bits per heavy atom. The number of nitrogens with zero attached hydrogens (tertiary/aromatic N) is 2. The van der Waals surface area contributed by atoms with Crippen molar-refractivity contribution in [2.75, 3.05) is 23.7 Å². The Balaban J connectivity index is 1.88. The lowest BCUT2D eigenvalue weighted by Crippen LogP contribution is -2.51. The molecule has 1 unspecified atom stereocenters. The summed E-state index contributed by atoms with van der Waals surface area (Å²) in [5.41, 5.74) is 3.41. The van der Waals surface area contributed by atoms with E-state index in [-0.39, 0.29) is 43.7 Å². The van der Waals surface area contributed by atoms with Gasteiger partial charge in [0, 0.05) is 37.5 Å². The van der Waals surface area contributed by atoms with Gasteiger partial charge in [-0.1, -0.05) is 80.0 Å². The first-order chi connectivity index (χ1) is 19.5. The molecule has 0 heterocycles. The third kappa shape index (κ3) is 9.90. The molecule has 0 aliphatic rings. The van der Waals surface area contributed by atoms with Gasteiger partial charge in [0.05, 0.1) is 11.9 Å². The number of halogens is 1. The molecule has 0 fully saturated rings. The Labute approximate surface area is 249 Å². The summed E-state index contributed by atoms with van der Waals surface area (Å²) in [6.07, 6.45) is 1.87. The molecule has 220 valence electrons. The van der Waals surface area contributed by atoms with Crippen molar-refractivity contribution in [1.82, 2.24) is 10.2 Å². The molecular weight excluding hydrogens is 558 g/mol. The third-order valence-corrected chi connectivity index (χ3v) is 8.27. The standard InChI is InChI=1S/C32H40ClN3O4S/c1-24(2)22-34-32(38)30(21-26-12-6-5-7-13-26)35(23-27-14-9-8-11-25(27)3)31(37)15-10-20-36(41(4,39)40)29-18-16-28(33)17-19-29/h5-9,11-14,16-19,24,30H,10,15,20-23H2,1-4H3,(H,34,38). The zero-order valence-corrected chi connectivity index (χ0v) is 25.8. The Morgan fingerprint density at radius 3 is 2.17 bits per heavy atom. The van der Waals surface area contributed by atoms with Crippen LogP contribution in [-0.4, -0.2) is 50.5 Å². The zero-order chi connectivity index (χ0) is 30.0. The summed E-state index contributed by atoms with van der Waals surface area (Å²) in [7, 11) is -3.59. The molecule has 0 bridgehead atoms. The normalized spacial score (nSPS) is 12.1. The van der Waals surface area contributed by atoms with Crippen LogP contribution in [0, 0.1) is 12.8 Å². The molecule has 41 heavy (non-hydrogen) atoms. The summed E-state index contributed by atoms with van der Waals surface area (Å²) in [4.78, 5) is 29.2. The Hall–Kier alpha value is -3.36. The summed E-state index contributed by atoms with van der Waals surface area (Å²) in [5.74, 6) is -0.159. The molecule has 2 amide bonds. The third-order valence-electron chi connectivity index (χ3n) is 6.82. The van der Waals surface area contributed by atoms with E-state index in [0.29, 0.717) is 23.7 Å². The maximum atomic E-state index is 13.9. The van der Waals surface area contributed by atoms with Gasteiger partial charge in [0.2, 0.25) is 21.8 Å². The van der Waals surface area contributed by atoms with Crippen molar-refractivity contribution in [2.45, 2.75) is 52.6 Å². The molecule has 3 aromatic rings. The largest absolute Gasteiger partial charge is 0.354 e. The second-order valence-corrected chi connectivity index (χ2v) is 13.1. The second-order valence-electron chi connectivity index (χ2n) is 10.7. The quantitative estimate of drug-likeness (QED) is 0.262. The summed E-state index contributed by atoms with van der Waals surface area (Å²) < 4.78 is 26.4. The van der Waals surface area contributed by atoms with Crippen molar-refractivity contribution in [1.29, 1.82) is 0 Å². The van der Waals surface area contributed by atoms with Crippen LogP contribution in [0.1, 0.15) is 43.4 Å². The fraction of sp³-hybridized carbons (Fsp3) is 0.375. The van der Waals surface area contributed by atoms with Crippen LogP contribution in [0.2, 0.25) is 5.02 Å². The van der Waals surface area contributed by atoms with Crippen LogP contribution < -0.4 is 9.62 Å². The maximum Gasteiger partial charge on any atom is 0.243 e. The Kier molecular flexibility index (Phi) is 11.8. The monoisotopic (exact) mass is 597 g/mol. The van der Waals surface area contributed by atoms with Gasteiger partial charge < -0.3 is 10.2 Å². The highest BCUT2D eigenvalue weighted by Gasteiger charge is 2.31. The first-order valence-corrected chi connectivity index (χ1v) is 16.1. The minimum Gasteiger partial charge on any atom is -0.354 e. The van der Waals surface area contributed by atoms with Gasteiger partial charge in [-0.05, 0) is 60.2 Å². The first-order valence-electron chi connectivity index (χ1n) is 13.8. The van der Waals surface area contributed by atoms with Crippen LogP contribution in [0.4, 0.5) is 5.69 Å². The minimum atomic E-state index is -3.59. The molecule has 0 aliphatic heterocycles. The highest BCUT2D eigenvalue weighted by atomic mass is 35.5. The fourth-order valence-electron chi connectivity index (χ4n) is 4.56. The number of rotatable bonds is 14. The molecule has 0 radical (unpaired) electrons. The van der Waals surface area contributed by atoms with Crippen LogP contribution in [0.25, 0.3) is 0 Å². The van der Waals surface area contributed by atoms with E-state index in [4.69, 9.17) is 11.6 Å². The Bertz CT molecular complexity index is 1400. The maximum absolute atomic E-state index is 13.9. The van der Waals surface area contributed by atoms with E-state index in [1.165, 1.54) is 4.31 Å². The molecule has 7 nitrogen and oxygen atoms in total. The highest BCUT2D eigenvalue weighted by molar-refractivity contribution is 7.92. The predicted molar refractivity (Wildman–Crippen MR) is 166 cm³/mol. The van der Waals surface area contributed by atoms with Gasteiger partial charge in [-0.2, -0.15) is 0 Å². The number of nitrogens with one attached hydrogen (secondary N) is 1. The summed E-state index contributed by atoms with van der Waals surface area (Å²) in [6, 6.07) is 23.3. The Morgan fingerprint density at radius 2 is 1.56 bits per heavy atom. The topological polar surface area (TPSA) is 86.8 Å². The van der Waals surface area contributed by atoms with Gasteiger partial charge >= 0.3 is 0 Å². The molecule has 0 aromatic heterocycles. The number of sulfonamides is 1. The molecule has 9 heteroatoms. The lowest BCUT2D eigenvalue weighted by molar-refractivity contribution is -0.141. The average Bonchev–Trinajstić information content (AvgIpc) is 2.93. The van der Waals surface area contributed by atoms with Crippen LogP contribution in [0.5, 0.6) is 0 Å². The van der Waals surface area contributed by atoms with Crippen molar-refractivity contribution in [3.8, 4) is 0 Å². The number of aryl methyl sites for hydroxylation is 1. The molecule has 1 atom stereocenters. The van der Waals surface area contributed by atoms with Gasteiger partial charge in [0.25, 0.3) is 0 Å². The molecule has 3 aromatic carbocycles. The number of hydrogen-bond acceptors (Lipinski definition) is 4. The summed E-state index contributed by atoms with van der Waals surface area (Å²) in [5, 5.41) is 3.53. The second kappa shape index (κ2) is 15.0. The molecule has 0 saturated carbocycles. The van der Waals surface area contributed by atoms with E-state index in [0.717, 1.165) is 22.9 Å². The summed E-state index contributed by atoms with van der Waals surface area (Å²) >= 11 is 5.99. The molecule has 1 N–H and O–H groups in total. The van der Waals surface area contributed by atoms with Crippen LogP contribution >= 0.6 is 11.6 Å². The van der Waals surface area contributed by atoms with E-state index in [9.17, 15) is 18.0 Å². The van der Waals surface area contributed by atoms with E-state index in [2.05, 4.69) is 5.32 Å². The lowest BCUT2D eigenvalue weighted by Gasteiger charge is -2.32. The molecule has 0 saturated heterocycles. The van der Waals surface area contributed by atoms with Crippen LogP contribution in [-0.2, 0) is 32.6 Å². The van der Waals surface area contributed by atoms with Crippen molar-refractivity contribution >= 4 is 39.1 Å². The molecule has 0 aliphatic carbocycles. The lowest BCUT2D eigenvalue weighted by atomic mass is 10.0. The SMILES string of the molecule is Cc1ccccc1CN(C(=O)CCCN(c1ccc(Cl)cc1)S(C)(=O)=O)C(Cc1ccccc1)C(=O)NCC(C)C. The van der Waals surface area contributed by atoms with E-state index < -0.39 is 16.1 Å². The van der Waals surface area contributed by atoms with Crippen molar-refractivity contribution in [3.63, 3.8) is 0 Å². The van der Waals surface area contributed by atoms with Gasteiger partial charge in [0.1, 0.15) is 6.04 Å². The highest BCUT2D eigenvalue weighted by Crippen LogP contribution is 2.22. The van der Waals surface area contributed by atoms with Crippen molar-refractivity contribution < 1.29 is 18.0 Å². The average molecular weight is 598 g/mol. The van der Waals surface area contributed by atoms with E-state index >= 15 is 0 Å². The van der Waals surface area contributed by atoms with Gasteiger partial charge in [-0.15, -0.1) is 0 Å². The minimum absolute atomic E-state index is 0.0776. The fourth-order valence-corrected chi connectivity index (χ4v) is 5.65. The first kappa shape index (κ1) is 32.2. The van der Waals surface area contributed by atoms with E-state index in [1.54, 1.807) is 29.2 Å². The number of anilines is 1. The zero-order valence-electron chi connectivity index (χ0n) is 24.2. The van der Waals surface area contributed by atoms with Crippen LogP contribution in [0.15, 0.2) is 78.9 Å².